The van der Waals surface area contributed by atoms with Crippen molar-refractivity contribution in [1.29, 1.82) is 0 Å². The molecule has 0 saturated carbocycles. The van der Waals surface area contributed by atoms with Crippen LogP contribution in [-0.4, -0.2) is 10.5 Å². The molecule has 176 valence electrons. The lowest BCUT2D eigenvalue weighted by Gasteiger charge is -2.25. The fourth-order valence-electron chi connectivity index (χ4n) is 4.21. The van der Waals surface area contributed by atoms with Crippen LogP contribution >= 0.6 is 11.3 Å². The van der Waals surface area contributed by atoms with Gasteiger partial charge in [-0.1, -0.05) is 67.6 Å². The first-order valence-electron chi connectivity index (χ1n) is 11.4. The number of furan rings is 1. The molecule has 1 aliphatic heterocycles. The van der Waals surface area contributed by atoms with E-state index in [1.165, 1.54) is 16.9 Å². The molecule has 5 rings (SSSR count). The lowest BCUT2D eigenvalue weighted by molar-refractivity contribution is -0.113. The molecule has 6 nitrogen and oxygen atoms in total. The van der Waals surface area contributed by atoms with Crippen LogP contribution in [0.5, 0.6) is 0 Å². The molecule has 0 saturated heterocycles. The first kappa shape index (κ1) is 22.8. The smallest absolute Gasteiger partial charge is 0.271 e. The Morgan fingerprint density at radius 1 is 1.09 bits per heavy atom. The molecule has 0 radical (unpaired) electrons. The average molecular weight is 484 g/mol. The van der Waals surface area contributed by atoms with Crippen molar-refractivity contribution in [2.45, 2.75) is 32.7 Å². The number of hydrogen-bond acceptors (Lipinski definition) is 5. The highest BCUT2D eigenvalue weighted by molar-refractivity contribution is 7.07. The van der Waals surface area contributed by atoms with Gasteiger partial charge in [0.1, 0.15) is 5.76 Å². The van der Waals surface area contributed by atoms with Crippen molar-refractivity contribution in [3.8, 4) is 0 Å². The summed E-state index contributed by atoms with van der Waals surface area (Å²) in [4.78, 5) is 32.4. The van der Waals surface area contributed by atoms with Crippen molar-refractivity contribution in [3.05, 3.63) is 121 Å². The number of nitrogens with one attached hydrogen (secondary N) is 1. The maximum atomic E-state index is 13.6. The molecule has 1 atom stereocenters. The summed E-state index contributed by atoms with van der Waals surface area (Å²) in [6, 6.07) is 20.4. The Labute approximate surface area is 206 Å². The Bertz CT molecular complexity index is 1580. The number of anilines is 1. The minimum Gasteiger partial charge on any atom is -0.465 e. The van der Waals surface area contributed by atoms with Crippen molar-refractivity contribution in [2.24, 2.45) is 4.99 Å². The summed E-state index contributed by atoms with van der Waals surface area (Å²) in [5.74, 6) is 0.680. The van der Waals surface area contributed by atoms with Gasteiger partial charge in [-0.2, -0.15) is 0 Å². The van der Waals surface area contributed by atoms with Crippen LogP contribution in [-0.2, 0) is 4.79 Å². The van der Waals surface area contributed by atoms with Crippen LogP contribution < -0.4 is 20.2 Å². The third-order valence-electron chi connectivity index (χ3n) is 6.03. The van der Waals surface area contributed by atoms with Gasteiger partial charge in [0.2, 0.25) is 0 Å². The highest BCUT2D eigenvalue weighted by Gasteiger charge is 2.32. The quantitative estimate of drug-likeness (QED) is 0.451. The van der Waals surface area contributed by atoms with Crippen LogP contribution in [0.15, 0.2) is 98.5 Å². The van der Waals surface area contributed by atoms with Gasteiger partial charge < -0.3 is 9.73 Å². The molecule has 0 bridgehead atoms. The number of hydrogen-bond donors (Lipinski definition) is 1. The van der Waals surface area contributed by atoms with E-state index in [0.29, 0.717) is 38.0 Å². The van der Waals surface area contributed by atoms with Crippen LogP contribution in [0.1, 0.15) is 49.6 Å². The Kier molecular flexibility index (Phi) is 6.09. The zero-order valence-corrected chi connectivity index (χ0v) is 20.5. The number of carbonyl (C=O) groups is 1. The van der Waals surface area contributed by atoms with Crippen molar-refractivity contribution in [3.63, 3.8) is 0 Å². The monoisotopic (exact) mass is 483 g/mol. The summed E-state index contributed by atoms with van der Waals surface area (Å²) in [7, 11) is 0. The first-order valence-corrected chi connectivity index (χ1v) is 12.3. The molecule has 0 fully saturated rings. The fourth-order valence-corrected chi connectivity index (χ4v) is 5.24. The Morgan fingerprint density at radius 3 is 2.49 bits per heavy atom. The molecular formula is C28H25N3O3S. The summed E-state index contributed by atoms with van der Waals surface area (Å²) in [6.07, 6.45) is 3.28. The van der Waals surface area contributed by atoms with Gasteiger partial charge in [0.25, 0.3) is 11.5 Å². The predicted octanol–water partition coefficient (Wildman–Crippen LogP) is 4.59. The normalized spacial score (nSPS) is 15.8. The number of amides is 1. The van der Waals surface area contributed by atoms with Gasteiger partial charge >= 0.3 is 0 Å². The highest BCUT2D eigenvalue weighted by atomic mass is 32.1. The first-order chi connectivity index (χ1) is 16.9. The number of allylic oxidation sites excluding steroid dienone is 1. The Hall–Kier alpha value is -3.97. The fraction of sp³-hybridized carbons (Fsp3) is 0.179. The van der Waals surface area contributed by atoms with Gasteiger partial charge in [-0.25, -0.2) is 4.99 Å². The average Bonchev–Trinajstić information content (AvgIpc) is 3.47. The van der Waals surface area contributed by atoms with Crippen molar-refractivity contribution in [1.82, 2.24) is 4.57 Å². The Balaban J connectivity index is 1.67. The minimum absolute atomic E-state index is 0.208. The van der Waals surface area contributed by atoms with Crippen molar-refractivity contribution < 1.29 is 9.21 Å². The molecule has 3 heterocycles. The highest BCUT2D eigenvalue weighted by Crippen LogP contribution is 2.31. The van der Waals surface area contributed by atoms with E-state index in [1.54, 1.807) is 29.0 Å². The molecule has 1 aliphatic rings. The van der Waals surface area contributed by atoms with E-state index in [9.17, 15) is 9.59 Å². The molecule has 0 spiro atoms. The maximum absolute atomic E-state index is 13.6. The molecule has 1 unspecified atom stereocenters. The number of rotatable bonds is 5. The SMILES string of the molecule is CC1=C(C(=O)Nc2ccccc2)C(c2ccc(C(C)C)cc2)n2c(sc(=Cc3ccco3)c2=O)=N1. The second-order valence-electron chi connectivity index (χ2n) is 8.74. The molecule has 2 aromatic heterocycles. The van der Waals surface area contributed by atoms with E-state index >= 15 is 0 Å². The van der Waals surface area contributed by atoms with E-state index in [2.05, 4.69) is 36.3 Å². The van der Waals surface area contributed by atoms with Crippen LogP contribution in [0, 0.1) is 0 Å². The zero-order valence-electron chi connectivity index (χ0n) is 19.7. The molecule has 1 amide bonds. The number of thiazole rings is 1. The number of aromatic nitrogens is 1. The van der Waals surface area contributed by atoms with E-state index < -0.39 is 6.04 Å². The van der Waals surface area contributed by atoms with Gasteiger partial charge in [0.05, 0.1) is 28.1 Å². The minimum atomic E-state index is -0.602. The lowest BCUT2D eigenvalue weighted by atomic mass is 9.93. The van der Waals surface area contributed by atoms with Gasteiger partial charge in [-0.15, -0.1) is 0 Å². The standard InChI is InChI=1S/C28H25N3O3S/c1-17(2)19-11-13-20(14-12-19)25-24(26(32)30-21-8-5-4-6-9-21)18(3)29-28-31(25)27(33)23(35-28)16-22-10-7-15-34-22/h4-17,25H,1-3H3,(H,30,32). The third-order valence-corrected chi connectivity index (χ3v) is 7.02. The van der Waals surface area contributed by atoms with E-state index in [1.807, 2.05) is 49.4 Å². The van der Waals surface area contributed by atoms with E-state index in [4.69, 9.17) is 4.42 Å². The van der Waals surface area contributed by atoms with E-state index in [-0.39, 0.29) is 11.5 Å². The second-order valence-corrected chi connectivity index (χ2v) is 9.75. The summed E-state index contributed by atoms with van der Waals surface area (Å²) in [6.45, 7) is 6.09. The topological polar surface area (TPSA) is 76.6 Å². The van der Waals surface area contributed by atoms with Gasteiger partial charge in [0, 0.05) is 11.8 Å². The van der Waals surface area contributed by atoms with Gasteiger partial charge in [-0.3, -0.25) is 14.2 Å². The second kappa shape index (κ2) is 9.35. The number of benzene rings is 2. The van der Waals surface area contributed by atoms with Crippen molar-refractivity contribution in [2.75, 3.05) is 5.32 Å². The van der Waals surface area contributed by atoms with Crippen LogP contribution in [0.3, 0.4) is 0 Å². The summed E-state index contributed by atoms with van der Waals surface area (Å²) >= 11 is 1.29. The molecular weight excluding hydrogens is 458 g/mol. The van der Waals surface area contributed by atoms with Gasteiger partial charge in [-0.05, 0) is 48.2 Å². The van der Waals surface area contributed by atoms with Crippen molar-refractivity contribution >= 4 is 29.0 Å². The predicted molar refractivity (Wildman–Crippen MR) is 138 cm³/mol. The molecule has 35 heavy (non-hydrogen) atoms. The molecule has 0 aliphatic carbocycles. The number of para-hydroxylation sites is 1. The summed E-state index contributed by atoms with van der Waals surface area (Å²) in [5, 5.41) is 2.97. The van der Waals surface area contributed by atoms with Gasteiger partial charge in [0.15, 0.2) is 4.80 Å². The molecule has 7 heteroatoms. The Morgan fingerprint density at radius 2 is 1.83 bits per heavy atom. The van der Waals surface area contributed by atoms with E-state index in [0.717, 1.165) is 5.56 Å². The maximum Gasteiger partial charge on any atom is 0.271 e. The number of carbonyl (C=O) groups excluding carboxylic acids is 1. The number of fused-ring (bicyclic) bond motifs is 1. The van der Waals surface area contributed by atoms with Crippen LogP contribution in [0.4, 0.5) is 5.69 Å². The zero-order chi connectivity index (χ0) is 24.5. The summed E-state index contributed by atoms with van der Waals surface area (Å²) in [5.41, 5.74) is 3.55. The molecule has 4 aromatic rings. The molecule has 1 N–H and O–H groups in total. The lowest BCUT2D eigenvalue weighted by Crippen LogP contribution is -2.40. The summed E-state index contributed by atoms with van der Waals surface area (Å²) < 4.78 is 7.54. The largest absolute Gasteiger partial charge is 0.465 e. The number of nitrogens with zero attached hydrogens (tertiary/aromatic N) is 2. The van der Waals surface area contributed by atoms with Crippen LogP contribution in [0.2, 0.25) is 0 Å². The van der Waals surface area contributed by atoms with Crippen LogP contribution in [0.25, 0.3) is 6.08 Å². The molecule has 2 aromatic carbocycles. The third kappa shape index (κ3) is 4.42.